The summed E-state index contributed by atoms with van der Waals surface area (Å²) >= 11 is 0. The maximum Gasteiger partial charge on any atom is 0.120 e. The molecule has 31 heavy (non-hydrogen) atoms. The number of anilines is 3. The van der Waals surface area contributed by atoms with Crippen molar-refractivity contribution in [3.8, 4) is 6.07 Å². The van der Waals surface area contributed by atoms with Crippen molar-refractivity contribution in [2.45, 2.75) is 32.6 Å². The fourth-order valence-electron chi connectivity index (χ4n) is 3.39. The number of nitrogens with one attached hydrogen (secondary N) is 1. The summed E-state index contributed by atoms with van der Waals surface area (Å²) in [7, 11) is 1.65. The Morgan fingerprint density at radius 3 is 2.45 bits per heavy atom. The van der Waals surface area contributed by atoms with Gasteiger partial charge in [-0.05, 0) is 42.0 Å². The molecule has 1 saturated heterocycles. The van der Waals surface area contributed by atoms with E-state index in [4.69, 9.17) is 14.7 Å². The first kappa shape index (κ1) is 24.4. The van der Waals surface area contributed by atoms with E-state index in [1.54, 1.807) is 19.2 Å². The van der Waals surface area contributed by atoms with Crippen molar-refractivity contribution in [1.82, 2.24) is 0 Å². The number of carbonyl (C=O) groups is 1. The van der Waals surface area contributed by atoms with Gasteiger partial charge in [-0.25, -0.2) is 0 Å². The number of morpholine rings is 1. The van der Waals surface area contributed by atoms with Crippen molar-refractivity contribution >= 4 is 23.3 Å². The number of hydrogen-bond acceptors (Lipinski definition) is 6. The van der Waals surface area contributed by atoms with Gasteiger partial charge in [0.15, 0.2) is 0 Å². The average molecular weight is 424 g/mol. The molecule has 3 rings (SSSR count). The standard InChI is InChI=1S/C22H25N3O3.C3H8/c1-27-16-19(8-11-26)18-4-7-22(25-9-12-28-13-10-25)21(14-18)24-20-5-2-17(15-23)3-6-20;1-3-2/h2-7,11,14,19,24H,8-10,12-13,16H2,1H3;3H2,1-2H3. The average Bonchev–Trinajstić information content (AvgIpc) is 2.80. The summed E-state index contributed by atoms with van der Waals surface area (Å²) in [6, 6.07) is 15.8. The van der Waals surface area contributed by atoms with E-state index < -0.39 is 0 Å². The van der Waals surface area contributed by atoms with Gasteiger partial charge in [-0.2, -0.15) is 5.26 Å². The van der Waals surface area contributed by atoms with Crippen LogP contribution in [0.3, 0.4) is 0 Å². The Labute approximate surface area is 185 Å². The summed E-state index contributed by atoms with van der Waals surface area (Å²) < 4.78 is 10.8. The van der Waals surface area contributed by atoms with Crippen LogP contribution in [0.5, 0.6) is 0 Å². The molecule has 2 aromatic rings. The number of carbonyl (C=O) groups excluding carboxylic acids is 1. The van der Waals surface area contributed by atoms with Crippen molar-refractivity contribution in [3.05, 3.63) is 53.6 Å². The number of ether oxygens (including phenoxy) is 2. The van der Waals surface area contributed by atoms with Gasteiger partial charge in [-0.3, -0.25) is 0 Å². The first-order chi connectivity index (χ1) is 15.2. The Morgan fingerprint density at radius 1 is 1.19 bits per heavy atom. The van der Waals surface area contributed by atoms with E-state index in [9.17, 15) is 4.79 Å². The minimum absolute atomic E-state index is 0.0164. The van der Waals surface area contributed by atoms with Crippen LogP contribution in [0.4, 0.5) is 17.1 Å². The van der Waals surface area contributed by atoms with E-state index in [2.05, 4.69) is 48.3 Å². The highest BCUT2D eigenvalue weighted by molar-refractivity contribution is 5.76. The highest BCUT2D eigenvalue weighted by Crippen LogP contribution is 2.33. The third kappa shape index (κ3) is 7.39. The lowest BCUT2D eigenvalue weighted by molar-refractivity contribution is -0.108. The Kier molecular flexibility index (Phi) is 10.6. The number of rotatable bonds is 8. The molecule has 0 bridgehead atoms. The van der Waals surface area contributed by atoms with Crippen molar-refractivity contribution in [3.63, 3.8) is 0 Å². The lowest BCUT2D eigenvalue weighted by Gasteiger charge is -2.31. The zero-order valence-corrected chi connectivity index (χ0v) is 18.8. The Balaban J connectivity index is 0.00000107. The van der Waals surface area contributed by atoms with Crippen molar-refractivity contribution in [2.24, 2.45) is 0 Å². The topological polar surface area (TPSA) is 74.6 Å². The lowest BCUT2D eigenvalue weighted by atomic mass is 9.96. The monoisotopic (exact) mass is 423 g/mol. The van der Waals surface area contributed by atoms with Gasteiger partial charge >= 0.3 is 0 Å². The van der Waals surface area contributed by atoms with Crippen LogP contribution in [-0.2, 0) is 14.3 Å². The molecule has 0 saturated carbocycles. The Morgan fingerprint density at radius 2 is 1.87 bits per heavy atom. The number of nitriles is 1. The fraction of sp³-hybridized carbons (Fsp3) is 0.440. The summed E-state index contributed by atoms with van der Waals surface area (Å²) in [6.07, 6.45) is 2.61. The van der Waals surface area contributed by atoms with E-state index in [1.807, 2.05) is 12.1 Å². The molecule has 0 aliphatic carbocycles. The molecule has 1 fully saturated rings. The maximum atomic E-state index is 11.1. The summed E-state index contributed by atoms with van der Waals surface area (Å²) in [5.41, 5.74) is 4.65. The van der Waals surface area contributed by atoms with Crippen LogP contribution in [-0.4, -0.2) is 46.3 Å². The molecule has 6 heteroatoms. The smallest absolute Gasteiger partial charge is 0.120 e. The molecule has 0 radical (unpaired) electrons. The molecule has 166 valence electrons. The molecule has 0 aromatic heterocycles. The third-order valence-corrected chi connectivity index (χ3v) is 4.89. The first-order valence-corrected chi connectivity index (χ1v) is 10.8. The molecule has 1 heterocycles. The summed E-state index contributed by atoms with van der Waals surface area (Å²) in [5, 5.41) is 12.5. The molecule has 0 spiro atoms. The van der Waals surface area contributed by atoms with Crippen LogP contribution in [0.1, 0.15) is 43.7 Å². The van der Waals surface area contributed by atoms with E-state index in [0.29, 0.717) is 31.8 Å². The van der Waals surface area contributed by atoms with Gasteiger partial charge in [0.2, 0.25) is 0 Å². The number of benzene rings is 2. The molecule has 2 aromatic carbocycles. The van der Waals surface area contributed by atoms with Gasteiger partial charge in [0.05, 0.1) is 42.8 Å². The van der Waals surface area contributed by atoms with Gasteiger partial charge in [-0.1, -0.05) is 26.3 Å². The van der Waals surface area contributed by atoms with E-state index in [0.717, 1.165) is 42.0 Å². The van der Waals surface area contributed by atoms with Crippen LogP contribution < -0.4 is 10.2 Å². The third-order valence-electron chi connectivity index (χ3n) is 4.89. The second-order valence-corrected chi connectivity index (χ2v) is 7.45. The molecule has 1 aliphatic heterocycles. The molecule has 6 nitrogen and oxygen atoms in total. The van der Waals surface area contributed by atoms with E-state index in [1.165, 1.54) is 6.42 Å². The predicted octanol–water partition coefficient (Wildman–Crippen LogP) is 4.87. The zero-order chi connectivity index (χ0) is 22.5. The largest absolute Gasteiger partial charge is 0.384 e. The van der Waals surface area contributed by atoms with Crippen molar-refractivity contribution < 1.29 is 14.3 Å². The Hall–Kier alpha value is -2.88. The predicted molar refractivity (Wildman–Crippen MR) is 125 cm³/mol. The molecule has 1 aliphatic rings. The zero-order valence-electron chi connectivity index (χ0n) is 18.8. The molecule has 0 amide bonds. The molecule has 1 atom stereocenters. The first-order valence-electron chi connectivity index (χ1n) is 10.8. The van der Waals surface area contributed by atoms with Crippen LogP contribution in [0.15, 0.2) is 42.5 Å². The SMILES string of the molecule is CCC.COCC(CC=O)c1ccc(N2CCOCC2)c(Nc2ccc(C#N)cc2)c1. The summed E-state index contributed by atoms with van der Waals surface area (Å²) in [4.78, 5) is 13.4. The van der Waals surface area contributed by atoms with E-state index >= 15 is 0 Å². The number of nitrogens with zero attached hydrogens (tertiary/aromatic N) is 2. The lowest BCUT2D eigenvalue weighted by Crippen LogP contribution is -2.36. The molecule has 1 N–H and O–H groups in total. The molecule has 1 unspecified atom stereocenters. The highest BCUT2D eigenvalue weighted by atomic mass is 16.5. The Bertz CT molecular complexity index is 840. The molecular weight excluding hydrogens is 390 g/mol. The van der Waals surface area contributed by atoms with Gasteiger partial charge in [0, 0.05) is 38.2 Å². The van der Waals surface area contributed by atoms with Gasteiger partial charge < -0.3 is 24.5 Å². The second kappa shape index (κ2) is 13.4. The van der Waals surface area contributed by atoms with E-state index in [-0.39, 0.29) is 5.92 Å². The second-order valence-electron chi connectivity index (χ2n) is 7.45. The number of methoxy groups -OCH3 is 1. The van der Waals surface area contributed by atoms with Crippen molar-refractivity contribution in [2.75, 3.05) is 50.2 Å². The van der Waals surface area contributed by atoms with Gasteiger partial charge in [0.1, 0.15) is 6.29 Å². The van der Waals surface area contributed by atoms with Crippen LogP contribution in [0.2, 0.25) is 0 Å². The normalized spacial score (nSPS) is 14.1. The van der Waals surface area contributed by atoms with Crippen LogP contribution in [0, 0.1) is 11.3 Å². The van der Waals surface area contributed by atoms with Crippen molar-refractivity contribution in [1.29, 1.82) is 5.26 Å². The molecular formula is C25H33N3O3. The highest BCUT2D eigenvalue weighted by Gasteiger charge is 2.18. The summed E-state index contributed by atoms with van der Waals surface area (Å²) in [6.45, 7) is 7.81. The summed E-state index contributed by atoms with van der Waals surface area (Å²) in [5.74, 6) is 0.0164. The quantitative estimate of drug-likeness (QED) is 0.611. The van der Waals surface area contributed by atoms with Crippen LogP contribution in [0.25, 0.3) is 0 Å². The maximum absolute atomic E-state index is 11.1. The number of aldehydes is 1. The minimum atomic E-state index is 0.0164. The van der Waals surface area contributed by atoms with Gasteiger partial charge in [0.25, 0.3) is 0 Å². The van der Waals surface area contributed by atoms with Gasteiger partial charge in [-0.15, -0.1) is 0 Å². The minimum Gasteiger partial charge on any atom is -0.384 e. The van der Waals surface area contributed by atoms with Crippen LogP contribution >= 0.6 is 0 Å². The fourth-order valence-corrected chi connectivity index (χ4v) is 3.39. The number of hydrogen-bond donors (Lipinski definition) is 1.